The molecule has 130 valence electrons. The standard InChI is InChI=1S/C17H29N3O2S/c1-13-19-14(11-23-13)10-18-12-17(5)6-8-20(9-7-17)15(21)22-16(2,3)4/h11,18H,6-10,12H2,1-5H3. The lowest BCUT2D eigenvalue weighted by Crippen LogP contribution is -2.47. The van der Waals surface area contributed by atoms with Crippen molar-refractivity contribution in [3.63, 3.8) is 0 Å². The van der Waals surface area contributed by atoms with Gasteiger partial charge in [0.25, 0.3) is 0 Å². The normalized spacial score (nSPS) is 18.0. The molecule has 1 saturated heterocycles. The van der Waals surface area contributed by atoms with Crippen LogP contribution in [0.5, 0.6) is 0 Å². The van der Waals surface area contributed by atoms with Gasteiger partial charge in [-0.3, -0.25) is 0 Å². The van der Waals surface area contributed by atoms with Crippen molar-refractivity contribution < 1.29 is 9.53 Å². The lowest BCUT2D eigenvalue weighted by Gasteiger charge is -2.39. The predicted octanol–water partition coefficient (Wildman–Crippen LogP) is 3.58. The molecule has 0 bridgehead atoms. The quantitative estimate of drug-likeness (QED) is 0.911. The molecule has 2 heterocycles. The lowest BCUT2D eigenvalue weighted by atomic mass is 9.80. The third kappa shape index (κ3) is 5.77. The molecule has 0 radical (unpaired) electrons. The first-order valence-corrected chi connectivity index (χ1v) is 9.15. The van der Waals surface area contributed by atoms with E-state index in [1.54, 1.807) is 11.3 Å². The highest BCUT2D eigenvalue weighted by molar-refractivity contribution is 7.09. The molecule has 0 spiro atoms. The Bertz CT molecular complexity index is 528. The molecule has 1 aromatic heterocycles. The molecular weight excluding hydrogens is 310 g/mol. The molecule has 0 aliphatic carbocycles. The number of aromatic nitrogens is 1. The monoisotopic (exact) mass is 339 g/mol. The summed E-state index contributed by atoms with van der Waals surface area (Å²) in [6.07, 6.45) is 1.80. The van der Waals surface area contributed by atoms with Crippen LogP contribution in [0.25, 0.3) is 0 Å². The number of rotatable bonds is 4. The first-order valence-electron chi connectivity index (χ1n) is 8.27. The predicted molar refractivity (Wildman–Crippen MR) is 93.7 cm³/mol. The van der Waals surface area contributed by atoms with E-state index in [1.165, 1.54) is 0 Å². The van der Waals surface area contributed by atoms with Gasteiger partial charge in [-0.1, -0.05) is 6.92 Å². The number of carbonyl (C=O) groups excluding carboxylic acids is 1. The van der Waals surface area contributed by atoms with Crippen molar-refractivity contribution in [2.45, 2.75) is 59.6 Å². The van der Waals surface area contributed by atoms with Gasteiger partial charge in [0.05, 0.1) is 10.7 Å². The zero-order valence-electron chi connectivity index (χ0n) is 14.9. The fourth-order valence-electron chi connectivity index (χ4n) is 2.71. The summed E-state index contributed by atoms with van der Waals surface area (Å²) in [6, 6.07) is 0. The van der Waals surface area contributed by atoms with E-state index in [0.717, 1.165) is 49.7 Å². The number of ether oxygens (including phenoxy) is 1. The molecule has 1 aliphatic heterocycles. The van der Waals surface area contributed by atoms with E-state index in [4.69, 9.17) is 4.74 Å². The van der Waals surface area contributed by atoms with Crippen LogP contribution in [0.3, 0.4) is 0 Å². The number of thiazole rings is 1. The summed E-state index contributed by atoms with van der Waals surface area (Å²) in [4.78, 5) is 18.4. The van der Waals surface area contributed by atoms with Crippen molar-refractivity contribution >= 4 is 17.4 Å². The Hall–Kier alpha value is -1.14. The molecule has 23 heavy (non-hydrogen) atoms. The summed E-state index contributed by atoms with van der Waals surface area (Å²) in [5, 5.41) is 6.73. The molecule has 0 aromatic carbocycles. The van der Waals surface area contributed by atoms with Crippen LogP contribution >= 0.6 is 11.3 Å². The van der Waals surface area contributed by atoms with Gasteiger partial charge in [0.2, 0.25) is 0 Å². The van der Waals surface area contributed by atoms with E-state index >= 15 is 0 Å². The van der Waals surface area contributed by atoms with Crippen molar-refractivity contribution in [2.75, 3.05) is 19.6 Å². The van der Waals surface area contributed by atoms with Crippen LogP contribution in [0, 0.1) is 12.3 Å². The maximum absolute atomic E-state index is 12.1. The summed E-state index contributed by atoms with van der Waals surface area (Å²) < 4.78 is 5.45. The van der Waals surface area contributed by atoms with Gasteiger partial charge in [-0.2, -0.15) is 0 Å². The van der Waals surface area contributed by atoms with Crippen LogP contribution in [0.4, 0.5) is 4.79 Å². The largest absolute Gasteiger partial charge is 0.444 e. The Morgan fingerprint density at radius 2 is 2.09 bits per heavy atom. The van der Waals surface area contributed by atoms with Crippen molar-refractivity contribution in [3.8, 4) is 0 Å². The fraction of sp³-hybridized carbons (Fsp3) is 0.765. The van der Waals surface area contributed by atoms with E-state index in [-0.39, 0.29) is 11.5 Å². The van der Waals surface area contributed by atoms with E-state index < -0.39 is 5.60 Å². The van der Waals surface area contributed by atoms with Crippen molar-refractivity contribution in [1.29, 1.82) is 0 Å². The summed E-state index contributed by atoms with van der Waals surface area (Å²) in [5.41, 5.74) is 0.913. The second-order valence-electron chi connectivity index (χ2n) is 7.74. The first-order chi connectivity index (χ1) is 10.7. The smallest absolute Gasteiger partial charge is 0.410 e. The van der Waals surface area contributed by atoms with Crippen LogP contribution < -0.4 is 5.32 Å². The van der Waals surface area contributed by atoms with E-state index in [0.29, 0.717) is 0 Å². The molecule has 1 aromatic rings. The van der Waals surface area contributed by atoms with Crippen molar-refractivity contribution in [1.82, 2.24) is 15.2 Å². The SMILES string of the molecule is Cc1nc(CNCC2(C)CCN(C(=O)OC(C)(C)C)CC2)cs1. The number of likely N-dealkylation sites (tertiary alicyclic amines) is 1. The fourth-order valence-corrected chi connectivity index (χ4v) is 3.33. The molecule has 1 fully saturated rings. The van der Waals surface area contributed by atoms with Gasteiger partial charge in [0, 0.05) is 31.6 Å². The van der Waals surface area contributed by atoms with Crippen LogP contribution in [0.2, 0.25) is 0 Å². The molecular formula is C17H29N3O2S. The minimum absolute atomic E-state index is 0.189. The van der Waals surface area contributed by atoms with Crippen LogP contribution in [-0.2, 0) is 11.3 Å². The highest BCUT2D eigenvalue weighted by Crippen LogP contribution is 2.30. The Kier molecular flexibility index (Phi) is 5.68. The molecule has 0 unspecified atom stereocenters. The number of aryl methyl sites for hydroxylation is 1. The number of nitrogens with zero attached hydrogens (tertiary/aromatic N) is 2. The summed E-state index contributed by atoms with van der Waals surface area (Å²) in [6.45, 7) is 13.3. The highest BCUT2D eigenvalue weighted by atomic mass is 32.1. The maximum Gasteiger partial charge on any atom is 0.410 e. The number of hydrogen-bond acceptors (Lipinski definition) is 5. The van der Waals surface area contributed by atoms with Gasteiger partial charge in [0.1, 0.15) is 5.60 Å². The molecule has 1 amide bonds. The Morgan fingerprint density at radius 3 is 2.61 bits per heavy atom. The topological polar surface area (TPSA) is 54.5 Å². The number of hydrogen-bond donors (Lipinski definition) is 1. The minimum atomic E-state index is -0.426. The van der Waals surface area contributed by atoms with Crippen LogP contribution in [0.1, 0.15) is 51.2 Å². The van der Waals surface area contributed by atoms with Gasteiger partial charge in [-0.05, 0) is 46.0 Å². The number of carbonyl (C=O) groups is 1. The third-order valence-corrected chi connectivity index (χ3v) is 4.97. The molecule has 5 nitrogen and oxygen atoms in total. The third-order valence-electron chi connectivity index (χ3n) is 4.15. The second-order valence-corrected chi connectivity index (χ2v) is 8.80. The molecule has 6 heteroatoms. The first kappa shape index (κ1) is 18.2. The van der Waals surface area contributed by atoms with Crippen molar-refractivity contribution in [2.24, 2.45) is 5.41 Å². The van der Waals surface area contributed by atoms with Crippen LogP contribution in [0.15, 0.2) is 5.38 Å². The summed E-state index contributed by atoms with van der Waals surface area (Å²) in [5.74, 6) is 0. The Morgan fingerprint density at radius 1 is 1.43 bits per heavy atom. The van der Waals surface area contributed by atoms with E-state index in [2.05, 4.69) is 22.6 Å². The highest BCUT2D eigenvalue weighted by Gasteiger charge is 2.33. The van der Waals surface area contributed by atoms with Crippen LogP contribution in [-0.4, -0.2) is 41.2 Å². The summed E-state index contributed by atoms with van der Waals surface area (Å²) >= 11 is 1.69. The van der Waals surface area contributed by atoms with Gasteiger partial charge in [0.15, 0.2) is 0 Å². The average molecular weight is 340 g/mol. The van der Waals surface area contributed by atoms with Gasteiger partial charge >= 0.3 is 6.09 Å². The lowest BCUT2D eigenvalue weighted by molar-refractivity contribution is 0.0119. The zero-order chi connectivity index (χ0) is 17.1. The van der Waals surface area contributed by atoms with Crippen molar-refractivity contribution in [3.05, 3.63) is 16.1 Å². The number of piperidine rings is 1. The zero-order valence-corrected chi connectivity index (χ0v) is 15.8. The summed E-state index contributed by atoms with van der Waals surface area (Å²) in [7, 11) is 0. The Labute approximate surface area is 143 Å². The van der Waals surface area contributed by atoms with E-state index in [9.17, 15) is 4.79 Å². The number of nitrogens with one attached hydrogen (secondary N) is 1. The minimum Gasteiger partial charge on any atom is -0.444 e. The van der Waals surface area contributed by atoms with Gasteiger partial charge in [-0.15, -0.1) is 11.3 Å². The van der Waals surface area contributed by atoms with E-state index in [1.807, 2.05) is 32.6 Å². The molecule has 1 N–H and O–H groups in total. The second kappa shape index (κ2) is 7.18. The molecule has 1 aliphatic rings. The molecule has 0 atom stereocenters. The Balaban J connectivity index is 1.74. The van der Waals surface area contributed by atoms with Gasteiger partial charge < -0.3 is 15.0 Å². The average Bonchev–Trinajstić information content (AvgIpc) is 2.83. The number of amides is 1. The van der Waals surface area contributed by atoms with Gasteiger partial charge in [-0.25, -0.2) is 9.78 Å². The molecule has 0 saturated carbocycles. The maximum atomic E-state index is 12.1. The molecule has 2 rings (SSSR count).